The first-order valence-electron chi connectivity index (χ1n) is 8.88. The Labute approximate surface area is 150 Å². The number of rotatable bonds is 9. The summed E-state index contributed by atoms with van der Waals surface area (Å²) in [6.45, 7) is 4.27. The van der Waals surface area contributed by atoms with E-state index in [9.17, 15) is 0 Å². The molecule has 2 rings (SSSR count). The Morgan fingerprint density at radius 3 is 2.72 bits per heavy atom. The van der Waals surface area contributed by atoms with Gasteiger partial charge in [-0.15, -0.1) is 0 Å². The average Bonchev–Trinajstić information content (AvgIpc) is 2.67. The van der Waals surface area contributed by atoms with Gasteiger partial charge >= 0.3 is 0 Å². The van der Waals surface area contributed by atoms with Crippen molar-refractivity contribution in [2.24, 2.45) is 4.99 Å². The summed E-state index contributed by atoms with van der Waals surface area (Å²) in [4.78, 5) is 8.58. The molecule has 1 aromatic carbocycles. The fourth-order valence-electron chi connectivity index (χ4n) is 2.43. The largest absolute Gasteiger partial charge is 0.477 e. The lowest BCUT2D eigenvalue weighted by Crippen LogP contribution is -2.37. The number of aliphatic imine (C=N–C) groups is 1. The molecule has 1 heterocycles. The van der Waals surface area contributed by atoms with Crippen molar-refractivity contribution in [1.29, 1.82) is 0 Å². The van der Waals surface area contributed by atoms with Gasteiger partial charge < -0.3 is 15.4 Å². The monoisotopic (exact) mass is 340 g/mol. The Morgan fingerprint density at radius 1 is 1.12 bits per heavy atom. The zero-order chi connectivity index (χ0) is 17.7. The molecule has 0 atom stereocenters. The first kappa shape index (κ1) is 18.8. The highest BCUT2D eigenvalue weighted by Gasteiger charge is 2.05. The standard InChI is InChI=1S/C20H28N4O/c1-3-15-25-19-18(12-8-13-22-19)16-24-20(21-2)23-14-7-11-17-9-5-4-6-10-17/h4-6,8-10,12-13H,3,7,11,14-16H2,1-2H3,(H2,21,23,24). The van der Waals surface area contributed by atoms with Crippen molar-refractivity contribution in [1.82, 2.24) is 15.6 Å². The lowest BCUT2D eigenvalue weighted by atomic mass is 10.1. The van der Waals surface area contributed by atoms with Gasteiger partial charge in [0, 0.05) is 31.9 Å². The van der Waals surface area contributed by atoms with E-state index in [1.807, 2.05) is 18.2 Å². The van der Waals surface area contributed by atoms with E-state index in [1.165, 1.54) is 5.56 Å². The molecule has 0 amide bonds. The molecule has 1 aromatic heterocycles. The van der Waals surface area contributed by atoms with Crippen LogP contribution < -0.4 is 15.4 Å². The highest BCUT2D eigenvalue weighted by atomic mass is 16.5. The van der Waals surface area contributed by atoms with E-state index in [-0.39, 0.29) is 0 Å². The molecule has 0 bridgehead atoms. The summed E-state index contributed by atoms with van der Waals surface area (Å²) in [5.41, 5.74) is 2.39. The third-order valence-electron chi connectivity index (χ3n) is 3.74. The van der Waals surface area contributed by atoms with Gasteiger partial charge in [-0.2, -0.15) is 0 Å². The summed E-state index contributed by atoms with van der Waals surface area (Å²) in [7, 11) is 1.78. The van der Waals surface area contributed by atoms with E-state index in [2.05, 4.69) is 51.8 Å². The second kappa shape index (κ2) is 11.1. The topological polar surface area (TPSA) is 58.5 Å². The van der Waals surface area contributed by atoms with Crippen molar-refractivity contribution >= 4 is 5.96 Å². The molecule has 0 aliphatic carbocycles. The Kier molecular flexibility index (Phi) is 8.32. The molecular weight excluding hydrogens is 312 g/mol. The van der Waals surface area contributed by atoms with Crippen LogP contribution in [0.25, 0.3) is 0 Å². The molecule has 0 saturated heterocycles. The van der Waals surface area contributed by atoms with Gasteiger partial charge in [-0.1, -0.05) is 43.3 Å². The number of aryl methyl sites for hydroxylation is 1. The highest BCUT2D eigenvalue weighted by Crippen LogP contribution is 2.14. The van der Waals surface area contributed by atoms with E-state index in [1.54, 1.807) is 13.2 Å². The second-order valence-corrected chi connectivity index (χ2v) is 5.76. The molecule has 0 fully saturated rings. The molecular formula is C20H28N4O. The Bertz CT molecular complexity index is 643. The van der Waals surface area contributed by atoms with Crippen LogP contribution in [0, 0.1) is 0 Å². The van der Waals surface area contributed by atoms with Crippen LogP contribution in [-0.2, 0) is 13.0 Å². The van der Waals surface area contributed by atoms with Crippen LogP contribution in [0.3, 0.4) is 0 Å². The molecule has 5 nitrogen and oxygen atoms in total. The van der Waals surface area contributed by atoms with Crippen LogP contribution in [0.5, 0.6) is 5.88 Å². The number of aromatic nitrogens is 1. The third kappa shape index (κ3) is 6.83. The van der Waals surface area contributed by atoms with E-state index in [0.29, 0.717) is 19.0 Å². The molecule has 5 heteroatoms. The van der Waals surface area contributed by atoms with Gasteiger partial charge in [-0.3, -0.25) is 4.99 Å². The Morgan fingerprint density at radius 2 is 1.96 bits per heavy atom. The Balaban J connectivity index is 1.75. The number of nitrogens with zero attached hydrogens (tertiary/aromatic N) is 2. The number of hydrogen-bond donors (Lipinski definition) is 2. The van der Waals surface area contributed by atoms with E-state index in [4.69, 9.17) is 4.74 Å². The average molecular weight is 340 g/mol. The van der Waals surface area contributed by atoms with Gasteiger partial charge in [0.2, 0.25) is 5.88 Å². The van der Waals surface area contributed by atoms with Crippen LogP contribution in [0.15, 0.2) is 53.7 Å². The number of nitrogens with one attached hydrogen (secondary N) is 2. The van der Waals surface area contributed by atoms with Crippen molar-refractivity contribution in [3.63, 3.8) is 0 Å². The van der Waals surface area contributed by atoms with Gasteiger partial charge in [-0.25, -0.2) is 4.98 Å². The van der Waals surface area contributed by atoms with Crippen LogP contribution in [-0.4, -0.2) is 31.1 Å². The smallest absolute Gasteiger partial charge is 0.218 e. The molecule has 0 aliphatic rings. The maximum atomic E-state index is 5.69. The minimum Gasteiger partial charge on any atom is -0.477 e. The fraction of sp³-hybridized carbons (Fsp3) is 0.400. The minimum absolute atomic E-state index is 0.630. The van der Waals surface area contributed by atoms with E-state index < -0.39 is 0 Å². The van der Waals surface area contributed by atoms with Crippen molar-refractivity contribution in [3.05, 3.63) is 59.8 Å². The predicted molar refractivity (Wildman–Crippen MR) is 103 cm³/mol. The van der Waals surface area contributed by atoms with Gasteiger partial charge in [0.1, 0.15) is 0 Å². The highest BCUT2D eigenvalue weighted by molar-refractivity contribution is 5.79. The van der Waals surface area contributed by atoms with Crippen LogP contribution in [0.1, 0.15) is 30.9 Å². The molecule has 0 saturated carbocycles. The summed E-state index contributed by atoms with van der Waals surface area (Å²) in [5, 5.41) is 6.67. The minimum atomic E-state index is 0.630. The zero-order valence-electron chi connectivity index (χ0n) is 15.2. The molecule has 134 valence electrons. The quantitative estimate of drug-likeness (QED) is 0.418. The van der Waals surface area contributed by atoms with Crippen LogP contribution in [0.4, 0.5) is 0 Å². The fourth-order valence-corrected chi connectivity index (χ4v) is 2.43. The van der Waals surface area contributed by atoms with Gasteiger partial charge in [0.05, 0.1) is 6.61 Å². The van der Waals surface area contributed by atoms with E-state index in [0.717, 1.165) is 37.3 Å². The number of benzene rings is 1. The summed E-state index contributed by atoms with van der Waals surface area (Å²) >= 11 is 0. The number of ether oxygens (including phenoxy) is 1. The normalized spacial score (nSPS) is 11.2. The molecule has 2 N–H and O–H groups in total. The first-order valence-corrected chi connectivity index (χ1v) is 8.88. The SMILES string of the molecule is CCCOc1ncccc1CNC(=NC)NCCCc1ccccc1. The zero-order valence-corrected chi connectivity index (χ0v) is 15.2. The van der Waals surface area contributed by atoms with Crippen molar-refractivity contribution in [3.8, 4) is 5.88 Å². The van der Waals surface area contributed by atoms with Crippen molar-refractivity contribution in [2.45, 2.75) is 32.7 Å². The van der Waals surface area contributed by atoms with Gasteiger partial charge in [0.25, 0.3) is 0 Å². The lowest BCUT2D eigenvalue weighted by molar-refractivity contribution is 0.301. The number of pyridine rings is 1. The third-order valence-corrected chi connectivity index (χ3v) is 3.74. The molecule has 2 aromatic rings. The number of hydrogen-bond acceptors (Lipinski definition) is 3. The van der Waals surface area contributed by atoms with Crippen molar-refractivity contribution < 1.29 is 4.74 Å². The lowest BCUT2D eigenvalue weighted by Gasteiger charge is -2.14. The van der Waals surface area contributed by atoms with Gasteiger partial charge in [-0.05, 0) is 30.9 Å². The maximum Gasteiger partial charge on any atom is 0.218 e. The summed E-state index contributed by atoms with van der Waals surface area (Å²) < 4.78 is 5.69. The number of guanidine groups is 1. The predicted octanol–water partition coefficient (Wildman–Crippen LogP) is 3.17. The molecule has 0 aliphatic heterocycles. The first-order chi connectivity index (χ1) is 12.3. The maximum absolute atomic E-state index is 5.69. The van der Waals surface area contributed by atoms with Gasteiger partial charge in [0.15, 0.2) is 5.96 Å². The van der Waals surface area contributed by atoms with Crippen LogP contribution >= 0.6 is 0 Å². The van der Waals surface area contributed by atoms with Crippen molar-refractivity contribution in [2.75, 3.05) is 20.2 Å². The summed E-state index contributed by atoms with van der Waals surface area (Å²) in [5.74, 6) is 1.48. The second-order valence-electron chi connectivity index (χ2n) is 5.76. The van der Waals surface area contributed by atoms with E-state index >= 15 is 0 Å². The Hall–Kier alpha value is -2.56. The molecule has 0 spiro atoms. The summed E-state index contributed by atoms with van der Waals surface area (Å²) in [6, 6.07) is 14.5. The molecule has 0 unspecified atom stereocenters. The summed E-state index contributed by atoms with van der Waals surface area (Å²) in [6.07, 6.45) is 4.84. The van der Waals surface area contributed by atoms with Crippen LogP contribution in [0.2, 0.25) is 0 Å². The molecule has 25 heavy (non-hydrogen) atoms. The molecule has 0 radical (unpaired) electrons.